The van der Waals surface area contributed by atoms with Crippen LogP contribution in [0.4, 0.5) is 5.82 Å². The van der Waals surface area contributed by atoms with Gasteiger partial charge in [0.25, 0.3) is 0 Å². The number of nitrogens with zero attached hydrogens (tertiary/aromatic N) is 2. The highest BCUT2D eigenvalue weighted by molar-refractivity contribution is 14.1. The molecule has 0 aliphatic carbocycles. The van der Waals surface area contributed by atoms with E-state index in [0.29, 0.717) is 6.04 Å². The minimum absolute atomic E-state index is 0.426. The maximum absolute atomic E-state index is 4.40. The Bertz CT molecular complexity index is 388. The molecule has 0 fully saturated rings. The molecular weight excluding hydrogens is 313 g/mol. The van der Waals surface area contributed by atoms with Gasteiger partial charge in [-0.3, -0.25) is 0 Å². The van der Waals surface area contributed by atoms with Gasteiger partial charge in [0.1, 0.15) is 5.82 Å². The Morgan fingerprint density at radius 1 is 1.62 bits per heavy atom. The summed E-state index contributed by atoms with van der Waals surface area (Å²) < 4.78 is 4.22. The van der Waals surface area contributed by atoms with Crippen molar-refractivity contribution >= 4 is 34.4 Å². The summed E-state index contributed by atoms with van der Waals surface area (Å²) >= 11 is 2.03. The lowest BCUT2D eigenvalue weighted by Gasteiger charge is -2.16. The van der Waals surface area contributed by atoms with E-state index in [0.717, 1.165) is 23.5 Å². The van der Waals surface area contributed by atoms with Gasteiger partial charge in [-0.05, 0) is 38.8 Å². The van der Waals surface area contributed by atoms with E-state index >= 15 is 0 Å². The topological polar surface area (TPSA) is 37.3 Å². The second-order valence-electron chi connectivity index (χ2n) is 3.98. The molecule has 1 atom stereocenters. The first-order chi connectivity index (χ1) is 7.60. The summed E-state index contributed by atoms with van der Waals surface area (Å²) in [5.41, 5.74) is 3.34. The fraction of sp³-hybridized carbons (Fsp3) is 0.500. The van der Waals surface area contributed by atoms with Gasteiger partial charge >= 0.3 is 0 Å². The summed E-state index contributed by atoms with van der Waals surface area (Å²) in [5.74, 6) is 0.937. The molecule has 1 N–H and O–H groups in total. The quantitative estimate of drug-likeness (QED) is 0.674. The first kappa shape index (κ1) is 13.4. The van der Waals surface area contributed by atoms with Gasteiger partial charge in [0, 0.05) is 17.8 Å². The monoisotopic (exact) mass is 331 g/mol. The number of nitrogens with one attached hydrogen (secondary N) is 1. The number of aromatic nitrogens is 1. The zero-order valence-corrected chi connectivity index (χ0v) is 12.4. The maximum atomic E-state index is 4.40. The van der Waals surface area contributed by atoms with Gasteiger partial charge in [-0.25, -0.2) is 8.19 Å². The third-order valence-electron chi connectivity index (χ3n) is 2.64. The predicted octanol–water partition coefficient (Wildman–Crippen LogP) is 3.76. The minimum Gasteiger partial charge on any atom is -0.367 e. The molecule has 0 saturated heterocycles. The number of hydrogen-bond acceptors (Lipinski definition) is 3. The van der Waals surface area contributed by atoms with Crippen LogP contribution in [-0.4, -0.2) is 16.7 Å². The van der Waals surface area contributed by atoms with Crippen LogP contribution in [0.5, 0.6) is 0 Å². The van der Waals surface area contributed by atoms with Crippen LogP contribution in [0.1, 0.15) is 38.3 Å². The van der Waals surface area contributed by atoms with E-state index in [2.05, 4.69) is 34.3 Å². The zero-order chi connectivity index (χ0) is 12.1. The van der Waals surface area contributed by atoms with E-state index in [1.54, 1.807) is 0 Å². The number of pyridine rings is 1. The Kier molecular flexibility index (Phi) is 5.18. The van der Waals surface area contributed by atoms with E-state index < -0.39 is 0 Å². The van der Waals surface area contributed by atoms with E-state index in [4.69, 9.17) is 0 Å². The molecule has 1 unspecified atom stereocenters. The van der Waals surface area contributed by atoms with Crippen molar-refractivity contribution in [2.24, 2.45) is 3.21 Å². The fourth-order valence-electron chi connectivity index (χ4n) is 1.50. The average Bonchev–Trinajstić information content (AvgIpc) is 2.28. The highest BCUT2D eigenvalue weighted by atomic mass is 127. The normalized spacial score (nSPS) is 13.7. The molecular formula is C12H18IN3. The third-order valence-corrected chi connectivity index (χ3v) is 3.37. The summed E-state index contributed by atoms with van der Waals surface area (Å²) in [5, 5.41) is 3.42. The molecule has 0 aliphatic heterocycles. The molecule has 88 valence electrons. The van der Waals surface area contributed by atoms with Crippen molar-refractivity contribution in [3.8, 4) is 0 Å². The molecule has 16 heavy (non-hydrogen) atoms. The zero-order valence-electron chi connectivity index (χ0n) is 10.2. The van der Waals surface area contributed by atoms with Crippen LogP contribution in [0.3, 0.4) is 0 Å². The summed E-state index contributed by atoms with van der Waals surface area (Å²) in [6.07, 6.45) is 2.92. The van der Waals surface area contributed by atoms with Crippen molar-refractivity contribution in [2.75, 3.05) is 5.32 Å². The van der Waals surface area contributed by atoms with Crippen molar-refractivity contribution in [1.82, 2.24) is 4.98 Å². The van der Waals surface area contributed by atoms with Crippen LogP contribution < -0.4 is 5.32 Å². The van der Waals surface area contributed by atoms with Gasteiger partial charge in [-0.1, -0.05) is 6.92 Å². The number of hydrogen-bond donors (Lipinski definition) is 1. The molecule has 1 aromatic heterocycles. The smallest absolute Gasteiger partial charge is 0.135 e. The van der Waals surface area contributed by atoms with Gasteiger partial charge < -0.3 is 5.32 Å². The van der Waals surface area contributed by atoms with Crippen molar-refractivity contribution in [3.63, 3.8) is 0 Å². The highest BCUT2D eigenvalue weighted by Crippen LogP contribution is 2.19. The van der Waals surface area contributed by atoms with Crippen molar-refractivity contribution in [1.29, 1.82) is 0 Å². The van der Waals surface area contributed by atoms with Crippen LogP contribution >= 0.6 is 22.9 Å². The molecule has 0 spiro atoms. The van der Waals surface area contributed by atoms with Gasteiger partial charge in [0.2, 0.25) is 0 Å². The number of aryl methyl sites for hydroxylation is 1. The lowest BCUT2D eigenvalue weighted by molar-refractivity contribution is 0.758. The predicted molar refractivity (Wildman–Crippen MR) is 78.6 cm³/mol. The molecule has 1 heterocycles. The van der Waals surface area contributed by atoms with Crippen LogP contribution in [0, 0.1) is 6.92 Å². The molecule has 0 saturated carbocycles. The average molecular weight is 331 g/mol. The molecule has 1 rings (SSSR count). The Morgan fingerprint density at radius 2 is 2.31 bits per heavy atom. The van der Waals surface area contributed by atoms with E-state index in [1.807, 2.05) is 42.1 Å². The Labute approximate surface area is 111 Å². The van der Waals surface area contributed by atoms with Crippen molar-refractivity contribution < 1.29 is 0 Å². The largest absolute Gasteiger partial charge is 0.367 e. The SMILES string of the molecule is CCC(C)Nc1nccc(C)c1/C(C)=N\I. The highest BCUT2D eigenvalue weighted by Gasteiger charge is 2.11. The van der Waals surface area contributed by atoms with E-state index in [1.165, 1.54) is 5.56 Å². The van der Waals surface area contributed by atoms with Crippen LogP contribution in [0.25, 0.3) is 0 Å². The van der Waals surface area contributed by atoms with Gasteiger partial charge in [-0.15, -0.1) is 0 Å². The maximum Gasteiger partial charge on any atom is 0.135 e. The summed E-state index contributed by atoms with van der Waals surface area (Å²) in [4.78, 5) is 4.40. The number of rotatable bonds is 4. The van der Waals surface area contributed by atoms with E-state index in [-0.39, 0.29) is 0 Å². The fourth-order valence-corrected chi connectivity index (χ4v) is 1.74. The standard InChI is InChI=1S/C12H18IN3/c1-5-9(3)15-12-11(10(4)16-13)8(2)6-7-14-12/h6-7,9H,5H2,1-4H3,(H,14,15)/b16-10-. The molecule has 4 heteroatoms. The van der Waals surface area contributed by atoms with Gasteiger partial charge in [0.05, 0.1) is 28.6 Å². The third kappa shape index (κ3) is 3.17. The Balaban J connectivity index is 3.13. The molecule has 0 aromatic carbocycles. The van der Waals surface area contributed by atoms with Crippen LogP contribution in [-0.2, 0) is 0 Å². The first-order valence-corrected chi connectivity index (χ1v) is 6.44. The second-order valence-corrected chi connectivity index (χ2v) is 4.46. The minimum atomic E-state index is 0.426. The summed E-state index contributed by atoms with van der Waals surface area (Å²) in [6, 6.07) is 2.44. The lowest BCUT2D eigenvalue weighted by Crippen LogP contribution is -2.17. The van der Waals surface area contributed by atoms with Crippen LogP contribution in [0.15, 0.2) is 15.5 Å². The molecule has 0 amide bonds. The van der Waals surface area contributed by atoms with E-state index in [9.17, 15) is 0 Å². The second kappa shape index (κ2) is 6.18. The molecule has 0 radical (unpaired) electrons. The Hall–Kier alpha value is -0.650. The lowest BCUT2D eigenvalue weighted by atomic mass is 10.1. The molecule has 1 aromatic rings. The van der Waals surface area contributed by atoms with Crippen LogP contribution in [0.2, 0.25) is 0 Å². The van der Waals surface area contributed by atoms with Crippen molar-refractivity contribution in [2.45, 2.75) is 40.2 Å². The molecule has 3 nitrogen and oxygen atoms in total. The molecule has 0 aliphatic rings. The van der Waals surface area contributed by atoms with Gasteiger partial charge in [0.15, 0.2) is 0 Å². The summed E-state index contributed by atoms with van der Waals surface area (Å²) in [7, 11) is 0. The number of halogens is 1. The first-order valence-electron chi connectivity index (χ1n) is 5.48. The van der Waals surface area contributed by atoms with Gasteiger partial charge in [-0.2, -0.15) is 0 Å². The van der Waals surface area contributed by atoms with Crippen molar-refractivity contribution in [3.05, 3.63) is 23.4 Å². The molecule has 0 bridgehead atoms. The Morgan fingerprint density at radius 3 is 2.88 bits per heavy atom. The number of anilines is 1. The summed E-state index contributed by atoms with van der Waals surface area (Å²) in [6.45, 7) is 8.42.